The number of rotatable bonds is 9. The average Bonchev–Trinajstić information content (AvgIpc) is 2.52. The predicted molar refractivity (Wildman–Crippen MR) is 88.0 cm³/mol. The van der Waals surface area contributed by atoms with E-state index in [0.717, 1.165) is 25.1 Å². The minimum Gasteiger partial charge on any atom is -0.481 e. The van der Waals surface area contributed by atoms with Crippen LogP contribution >= 0.6 is 0 Å². The molecule has 1 aromatic rings. The number of likely N-dealkylation sites (N-methyl/N-ethyl adjacent to an activating group) is 1. The van der Waals surface area contributed by atoms with Crippen molar-refractivity contribution in [1.29, 1.82) is 0 Å². The van der Waals surface area contributed by atoms with Gasteiger partial charge in [-0.05, 0) is 18.6 Å². The molecule has 5 heteroatoms. The molecule has 0 fully saturated rings. The van der Waals surface area contributed by atoms with Gasteiger partial charge in [0.15, 0.2) is 0 Å². The van der Waals surface area contributed by atoms with E-state index in [-0.39, 0.29) is 12.5 Å². The number of aliphatic carboxylic acids is 1. The lowest BCUT2D eigenvalue weighted by Crippen LogP contribution is -2.41. The van der Waals surface area contributed by atoms with E-state index in [4.69, 9.17) is 5.11 Å². The molecule has 0 saturated carbocycles. The van der Waals surface area contributed by atoms with Gasteiger partial charge in [0.2, 0.25) is 5.91 Å². The van der Waals surface area contributed by atoms with Gasteiger partial charge < -0.3 is 14.9 Å². The molecule has 1 aromatic carbocycles. The summed E-state index contributed by atoms with van der Waals surface area (Å²) in [5, 5.41) is 9.12. The van der Waals surface area contributed by atoms with Gasteiger partial charge in [0.25, 0.3) is 0 Å². The molecule has 0 aliphatic rings. The Morgan fingerprint density at radius 2 is 1.86 bits per heavy atom. The molecule has 5 nitrogen and oxygen atoms in total. The highest BCUT2D eigenvalue weighted by molar-refractivity contribution is 5.81. The Bertz CT molecular complexity index is 476. The Labute approximate surface area is 132 Å². The maximum absolute atomic E-state index is 12.3. The Morgan fingerprint density at radius 3 is 2.41 bits per heavy atom. The van der Waals surface area contributed by atoms with E-state index in [9.17, 15) is 9.59 Å². The Morgan fingerprint density at radius 1 is 1.23 bits per heavy atom. The minimum absolute atomic E-state index is 0.00916. The van der Waals surface area contributed by atoms with Crippen molar-refractivity contribution in [2.45, 2.75) is 26.7 Å². The van der Waals surface area contributed by atoms with E-state index in [1.54, 1.807) is 18.9 Å². The summed E-state index contributed by atoms with van der Waals surface area (Å²) in [7, 11) is 1.79. The molecule has 0 radical (unpaired) electrons. The standard InChI is InChI=1S/C17H26N2O3/c1-4-5-11-18(3)16(20)13-19(12-14(2)17(21)22)15-9-7-6-8-10-15/h6-10,14H,4-5,11-13H2,1-3H3,(H,21,22). The Kier molecular flexibility index (Phi) is 7.43. The van der Waals surface area contributed by atoms with Gasteiger partial charge in [0.1, 0.15) is 0 Å². The number of unbranched alkanes of at least 4 members (excludes halogenated alkanes) is 1. The van der Waals surface area contributed by atoms with Crippen LogP contribution in [0.4, 0.5) is 5.69 Å². The lowest BCUT2D eigenvalue weighted by Gasteiger charge is -2.28. The van der Waals surface area contributed by atoms with Crippen LogP contribution in [0, 0.1) is 5.92 Å². The van der Waals surface area contributed by atoms with Crippen molar-refractivity contribution in [1.82, 2.24) is 4.90 Å². The second kappa shape index (κ2) is 9.07. The van der Waals surface area contributed by atoms with Crippen molar-refractivity contribution in [3.8, 4) is 0 Å². The van der Waals surface area contributed by atoms with Gasteiger partial charge in [-0.1, -0.05) is 38.5 Å². The summed E-state index contributed by atoms with van der Waals surface area (Å²) in [6, 6.07) is 9.47. The van der Waals surface area contributed by atoms with Gasteiger partial charge in [-0.25, -0.2) is 0 Å². The summed E-state index contributed by atoms with van der Waals surface area (Å²) in [6.45, 7) is 4.98. The minimum atomic E-state index is -0.854. The second-order valence-corrected chi connectivity index (χ2v) is 5.62. The summed E-state index contributed by atoms with van der Waals surface area (Å²) in [6.07, 6.45) is 2.01. The van der Waals surface area contributed by atoms with E-state index < -0.39 is 11.9 Å². The van der Waals surface area contributed by atoms with Crippen molar-refractivity contribution < 1.29 is 14.7 Å². The maximum Gasteiger partial charge on any atom is 0.308 e. The number of carbonyl (C=O) groups excluding carboxylic acids is 1. The number of nitrogens with zero attached hydrogens (tertiary/aromatic N) is 2. The van der Waals surface area contributed by atoms with Gasteiger partial charge in [0.05, 0.1) is 12.5 Å². The zero-order chi connectivity index (χ0) is 16.5. The summed E-state index contributed by atoms with van der Waals surface area (Å²) in [4.78, 5) is 27.0. The smallest absolute Gasteiger partial charge is 0.308 e. The molecule has 1 atom stereocenters. The molecule has 1 unspecified atom stereocenters. The van der Waals surface area contributed by atoms with Crippen LogP contribution in [-0.4, -0.2) is 48.6 Å². The normalized spacial score (nSPS) is 11.8. The SMILES string of the molecule is CCCCN(C)C(=O)CN(CC(C)C(=O)O)c1ccccc1. The molecule has 0 bridgehead atoms. The van der Waals surface area contributed by atoms with Gasteiger partial charge in [-0.3, -0.25) is 9.59 Å². The lowest BCUT2D eigenvalue weighted by atomic mass is 10.1. The topological polar surface area (TPSA) is 60.9 Å². The summed E-state index contributed by atoms with van der Waals surface area (Å²) >= 11 is 0. The van der Waals surface area contributed by atoms with Crippen molar-refractivity contribution >= 4 is 17.6 Å². The fourth-order valence-corrected chi connectivity index (χ4v) is 2.11. The second-order valence-electron chi connectivity index (χ2n) is 5.62. The molecule has 1 rings (SSSR count). The third-order valence-electron chi connectivity index (χ3n) is 3.64. The fourth-order valence-electron chi connectivity index (χ4n) is 2.11. The summed E-state index contributed by atoms with van der Waals surface area (Å²) in [5.74, 6) is -1.38. The lowest BCUT2D eigenvalue weighted by molar-refractivity contribution is -0.141. The van der Waals surface area contributed by atoms with Crippen molar-refractivity contribution in [2.24, 2.45) is 5.92 Å². The van der Waals surface area contributed by atoms with Gasteiger partial charge in [-0.15, -0.1) is 0 Å². The first kappa shape index (κ1) is 18.0. The maximum atomic E-state index is 12.3. The number of carbonyl (C=O) groups is 2. The van der Waals surface area contributed by atoms with Crippen LogP contribution in [-0.2, 0) is 9.59 Å². The average molecular weight is 306 g/mol. The van der Waals surface area contributed by atoms with Crippen LogP contribution in [0.1, 0.15) is 26.7 Å². The first-order valence-electron chi connectivity index (χ1n) is 7.72. The van der Waals surface area contributed by atoms with Gasteiger partial charge >= 0.3 is 5.97 Å². The molecular weight excluding hydrogens is 280 g/mol. The van der Waals surface area contributed by atoms with Crippen LogP contribution in [0.3, 0.4) is 0 Å². The Hall–Kier alpha value is -2.04. The van der Waals surface area contributed by atoms with E-state index in [1.807, 2.05) is 35.2 Å². The number of para-hydroxylation sites is 1. The predicted octanol–water partition coefficient (Wildman–Crippen LogP) is 2.47. The highest BCUT2D eigenvalue weighted by atomic mass is 16.4. The van der Waals surface area contributed by atoms with Gasteiger partial charge in [-0.2, -0.15) is 0 Å². The number of anilines is 1. The summed E-state index contributed by atoms with van der Waals surface area (Å²) in [5.41, 5.74) is 0.868. The first-order valence-corrected chi connectivity index (χ1v) is 7.72. The molecule has 0 heterocycles. The zero-order valence-electron chi connectivity index (χ0n) is 13.7. The largest absolute Gasteiger partial charge is 0.481 e. The summed E-state index contributed by atoms with van der Waals surface area (Å²) < 4.78 is 0. The van der Waals surface area contributed by atoms with Crippen LogP contribution in [0.15, 0.2) is 30.3 Å². The number of hydrogen-bond donors (Lipinski definition) is 1. The van der Waals surface area contributed by atoms with Crippen molar-refractivity contribution in [3.63, 3.8) is 0 Å². The highest BCUT2D eigenvalue weighted by Crippen LogP contribution is 2.15. The molecule has 1 amide bonds. The molecule has 0 saturated heterocycles. The molecule has 22 heavy (non-hydrogen) atoms. The van der Waals surface area contributed by atoms with E-state index in [2.05, 4.69) is 6.92 Å². The molecule has 1 N–H and O–H groups in total. The van der Waals surface area contributed by atoms with E-state index >= 15 is 0 Å². The molecule has 0 spiro atoms. The first-order chi connectivity index (χ1) is 10.5. The van der Waals surface area contributed by atoms with Crippen LogP contribution in [0.2, 0.25) is 0 Å². The molecule has 122 valence electrons. The van der Waals surface area contributed by atoms with E-state index in [0.29, 0.717) is 6.54 Å². The molecular formula is C17H26N2O3. The number of benzene rings is 1. The molecule has 0 aliphatic carbocycles. The monoisotopic (exact) mass is 306 g/mol. The van der Waals surface area contributed by atoms with Crippen LogP contribution in [0.5, 0.6) is 0 Å². The highest BCUT2D eigenvalue weighted by Gasteiger charge is 2.20. The van der Waals surface area contributed by atoms with E-state index in [1.165, 1.54) is 0 Å². The number of carboxylic acid groups (broad SMARTS) is 1. The Balaban J connectivity index is 2.78. The fraction of sp³-hybridized carbons (Fsp3) is 0.529. The van der Waals surface area contributed by atoms with Crippen LogP contribution < -0.4 is 4.90 Å². The quantitative estimate of drug-likeness (QED) is 0.761. The number of hydrogen-bond acceptors (Lipinski definition) is 3. The molecule has 0 aliphatic heterocycles. The zero-order valence-corrected chi connectivity index (χ0v) is 13.7. The third kappa shape index (κ3) is 5.76. The van der Waals surface area contributed by atoms with Crippen molar-refractivity contribution in [2.75, 3.05) is 31.6 Å². The third-order valence-corrected chi connectivity index (χ3v) is 3.64. The number of carboxylic acids is 1. The van der Waals surface area contributed by atoms with Crippen molar-refractivity contribution in [3.05, 3.63) is 30.3 Å². The van der Waals surface area contributed by atoms with Gasteiger partial charge in [0, 0.05) is 25.8 Å². The molecule has 0 aromatic heterocycles. The van der Waals surface area contributed by atoms with Crippen LogP contribution in [0.25, 0.3) is 0 Å². The number of amides is 1.